The van der Waals surface area contributed by atoms with Crippen LogP contribution in [0, 0.1) is 18.6 Å². The summed E-state index contributed by atoms with van der Waals surface area (Å²) in [7, 11) is -2.11. The highest BCUT2D eigenvalue weighted by molar-refractivity contribution is 6.88. The Hall–Kier alpha value is -1.03. The molecule has 82 valence electrons. The summed E-state index contributed by atoms with van der Waals surface area (Å²) in [5.41, 5.74) is 0.280. The second-order valence-corrected chi connectivity index (χ2v) is 9.65. The smallest absolute Gasteiger partial charge is 0.153 e. The van der Waals surface area contributed by atoms with Gasteiger partial charge in [-0.05, 0) is 18.6 Å². The van der Waals surface area contributed by atoms with E-state index in [0.29, 0.717) is 11.8 Å². The Balaban J connectivity index is 3.62. The highest BCUT2D eigenvalue weighted by atomic mass is 28.3. The van der Waals surface area contributed by atoms with Crippen molar-refractivity contribution in [1.29, 1.82) is 0 Å². The Bertz CT molecular complexity index is 408. The molecule has 0 aliphatic carbocycles. The molecule has 0 aliphatic rings. The summed E-state index contributed by atoms with van der Waals surface area (Å²) in [6.45, 7) is 7.10. The van der Waals surface area contributed by atoms with Crippen LogP contribution in [0.1, 0.15) is 15.9 Å². The summed E-state index contributed by atoms with van der Waals surface area (Å²) in [6.07, 6.45) is 0.436. The zero-order valence-corrected chi connectivity index (χ0v) is 10.3. The third-order valence-electron chi connectivity index (χ3n) is 2.29. The Morgan fingerprint density at radius 3 is 2.13 bits per heavy atom. The highest BCUT2D eigenvalue weighted by Gasteiger charge is 2.27. The van der Waals surface area contributed by atoms with Crippen LogP contribution in [0.2, 0.25) is 19.6 Å². The lowest BCUT2D eigenvalue weighted by molar-refractivity contribution is 0.112. The SMILES string of the molecule is Cc1cc(C=O)c(F)c([Si](C)(C)C)c1F. The molecule has 15 heavy (non-hydrogen) atoms. The van der Waals surface area contributed by atoms with Gasteiger partial charge in [-0.15, -0.1) is 0 Å². The van der Waals surface area contributed by atoms with Gasteiger partial charge in [0.05, 0.1) is 13.6 Å². The van der Waals surface area contributed by atoms with Gasteiger partial charge < -0.3 is 0 Å². The number of aldehydes is 1. The third-order valence-corrected chi connectivity index (χ3v) is 4.23. The van der Waals surface area contributed by atoms with Gasteiger partial charge in [-0.1, -0.05) is 19.6 Å². The van der Waals surface area contributed by atoms with Crippen LogP contribution in [0.4, 0.5) is 8.78 Å². The van der Waals surface area contributed by atoms with Crippen molar-refractivity contribution in [3.05, 3.63) is 28.8 Å². The van der Waals surface area contributed by atoms with Gasteiger partial charge in [0.1, 0.15) is 11.6 Å². The van der Waals surface area contributed by atoms with Crippen LogP contribution < -0.4 is 5.19 Å². The molecule has 4 heteroatoms. The molecule has 0 saturated carbocycles. The standard InChI is InChI=1S/C11H14F2OSi/c1-7-5-8(6-14)10(13)11(9(7)12)15(2,3)4/h5-6H,1-4H3. The Morgan fingerprint density at radius 2 is 1.73 bits per heavy atom. The Labute approximate surface area is 89.1 Å². The normalized spacial score (nSPS) is 11.6. The second kappa shape index (κ2) is 3.85. The maximum atomic E-state index is 13.8. The van der Waals surface area contributed by atoms with E-state index in [2.05, 4.69) is 0 Å². The van der Waals surface area contributed by atoms with Crippen LogP contribution in [0.3, 0.4) is 0 Å². The van der Waals surface area contributed by atoms with Crippen LogP contribution in [-0.2, 0) is 0 Å². The van der Waals surface area contributed by atoms with E-state index in [0.717, 1.165) is 0 Å². The first-order chi connectivity index (χ1) is 6.79. The fourth-order valence-electron chi connectivity index (χ4n) is 1.54. The number of hydrogen-bond donors (Lipinski definition) is 0. The minimum Gasteiger partial charge on any atom is -0.298 e. The van der Waals surface area contributed by atoms with E-state index >= 15 is 0 Å². The number of carbonyl (C=O) groups excluding carboxylic acids is 1. The minimum absolute atomic E-state index is 0.0497. The van der Waals surface area contributed by atoms with Crippen molar-refractivity contribution in [3.63, 3.8) is 0 Å². The number of benzene rings is 1. The number of aryl methyl sites for hydroxylation is 1. The molecule has 0 N–H and O–H groups in total. The molecule has 0 atom stereocenters. The summed E-state index contributed by atoms with van der Waals surface area (Å²) in [4.78, 5) is 10.6. The average Bonchev–Trinajstić information content (AvgIpc) is 2.09. The van der Waals surface area contributed by atoms with Crippen LogP contribution in [0.5, 0.6) is 0 Å². The number of carbonyl (C=O) groups is 1. The third kappa shape index (κ3) is 2.14. The van der Waals surface area contributed by atoms with Crippen LogP contribution in [0.25, 0.3) is 0 Å². The van der Waals surface area contributed by atoms with E-state index in [9.17, 15) is 13.6 Å². The van der Waals surface area contributed by atoms with E-state index in [1.54, 1.807) is 6.92 Å². The van der Waals surface area contributed by atoms with Crippen molar-refractivity contribution in [2.45, 2.75) is 26.6 Å². The number of rotatable bonds is 2. The quantitative estimate of drug-likeness (QED) is 0.562. The molecule has 1 aromatic carbocycles. The van der Waals surface area contributed by atoms with E-state index in [1.165, 1.54) is 6.07 Å². The van der Waals surface area contributed by atoms with Crippen molar-refractivity contribution >= 4 is 19.5 Å². The second-order valence-electron chi connectivity index (χ2n) is 4.65. The molecule has 0 saturated heterocycles. The molecule has 0 bridgehead atoms. The molecule has 1 rings (SSSR count). The van der Waals surface area contributed by atoms with Gasteiger partial charge >= 0.3 is 0 Å². The molecule has 0 heterocycles. The Morgan fingerprint density at radius 1 is 1.20 bits per heavy atom. The number of halogens is 2. The maximum Gasteiger partial charge on any atom is 0.153 e. The summed E-state index contributed by atoms with van der Waals surface area (Å²) in [5.74, 6) is -1.19. The van der Waals surface area contributed by atoms with Gasteiger partial charge in [-0.2, -0.15) is 0 Å². The lowest BCUT2D eigenvalue weighted by Crippen LogP contribution is -2.43. The van der Waals surface area contributed by atoms with Crippen molar-refractivity contribution < 1.29 is 13.6 Å². The van der Waals surface area contributed by atoms with Gasteiger partial charge in [-0.3, -0.25) is 4.79 Å². The van der Waals surface area contributed by atoms with Gasteiger partial charge in [0, 0.05) is 5.19 Å². The van der Waals surface area contributed by atoms with Gasteiger partial charge in [0.15, 0.2) is 6.29 Å². The molecule has 1 aromatic rings. The Kier molecular flexibility index (Phi) is 3.09. The van der Waals surface area contributed by atoms with E-state index in [4.69, 9.17) is 0 Å². The monoisotopic (exact) mass is 228 g/mol. The fourth-order valence-corrected chi connectivity index (χ4v) is 3.20. The molecule has 0 aliphatic heterocycles. The molecule has 0 spiro atoms. The maximum absolute atomic E-state index is 13.8. The van der Waals surface area contributed by atoms with Gasteiger partial charge in [-0.25, -0.2) is 8.78 Å². The molecule has 0 radical (unpaired) electrons. The van der Waals surface area contributed by atoms with Crippen LogP contribution in [-0.4, -0.2) is 14.4 Å². The molecule has 0 amide bonds. The van der Waals surface area contributed by atoms with E-state index < -0.39 is 19.7 Å². The van der Waals surface area contributed by atoms with Gasteiger partial charge in [0.25, 0.3) is 0 Å². The highest BCUT2D eigenvalue weighted by Crippen LogP contribution is 2.16. The zero-order valence-electron chi connectivity index (χ0n) is 9.32. The summed E-state index contributed by atoms with van der Waals surface area (Å²) in [6, 6.07) is 1.25. The zero-order chi connectivity index (χ0) is 11.8. The first-order valence-electron chi connectivity index (χ1n) is 4.73. The van der Waals surface area contributed by atoms with Crippen LogP contribution >= 0.6 is 0 Å². The van der Waals surface area contributed by atoms with Crippen molar-refractivity contribution in [2.75, 3.05) is 0 Å². The predicted octanol–water partition coefficient (Wildman–Crippen LogP) is 2.63. The lowest BCUT2D eigenvalue weighted by atomic mass is 10.1. The molecule has 1 nitrogen and oxygen atoms in total. The van der Waals surface area contributed by atoms with E-state index in [-0.39, 0.29) is 10.8 Å². The van der Waals surface area contributed by atoms with Crippen LogP contribution in [0.15, 0.2) is 6.07 Å². The molecular weight excluding hydrogens is 214 g/mol. The first kappa shape index (κ1) is 12.0. The van der Waals surface area contributed by atoms with Crippen molar-refractivity contribution in [1.82, 2.24) is 0 Å². The predicted molar refractivity (Wildman–Crippen MR) is 59.5 cm³/mol. The molecular formula is C11H14F2OSi. The average molecular weight is 228 g/mol. The molecule has 0 unspecified atom stereocenters. The minimum atomic E-state index is -2.11. The summed E-state index contributed by atoms with van der Waals surface area (Å²) < 4.78 is 27.5. The largest absolute Gasteiger partial charge is 0.298 e. The van der Waals surface area contributed by atoms with E-state index in [1.807, 2.05) is 19.6 Å². The van der Waals surface area contributed by atoms with Crippen molar-refractivity contribution in [3.8, 4) is 0 Å². The summed E-state index contributed by atoms with van der Waals surface area (Å²) >= 11 is 0. The first-order valence-corrected chi connectivity index (χ1v) is 8.23. The topological polar surface area (TPSA) is 17.1 Å². The lowest BCUT2D eigenvalue weighted by Gasteiger charge is -2.20. The fraction of sp³-hybridized carbons (Fsp3) is 0.364. The van der Waals surface area contributed by atoms with Gasteiger partial charge in [0.2, 0.25) is 0 Å². The molecule has 0 aromatic heterocycles. The molecule has 0 fully saturated rings. The number of hydrogen-bond acceptors (Lipinski definition) is 1. The summed E-state index contributed by atoms with van der Waals surface area (Å²) in [5, 5.41) is 0.115. The van der Waals surface area contributed by atoms with Crippen molar-refractivity contribution in [2.24, 2.45) is 0 Å².